The number of fused-ring (bicyclic) bond motifs is 6. The van der Waals surface area contributed by atoms with Crippen molar-refractivity contribution >= 4 is 51.2 Å². The van der Waals surface area contributed by atoms with Crippen LogP contribution in [-0.2, 0) is 30.4 Å². The predicted octanol–water partition coefficient (Wildman–Crippen LogP) is 8.97. The van der Waals surface area contributed by atoms with Gasteiger partial charge in [0.25, 0.3) is 0 Å². The highest BCUT2D eigenvalue weighted by Gasteiger charge is 2.30. The molecule has 4 aromatic heterocycles. The van der Waals surface area contributed by atoms with E-state index in [1.165, 1.54) is 23.4 Å². The van der Waals surface area contributed by atoms with Crippen molar-refractivity contribution in [2.24, 2.45) is 0 Å². The summed E-state index contributed by atoms with van der Waals surface area (Å²) in [5.41, 5.74) is 6.72. The molecule has 0 spiro atoms. The third-order valence-electron chi connectivity index (χ3n) is 10.1. The van der Waals surface area contributed by atoms with Crippen LogP contribution in [0.2, 0.25) is 0 Å². The fraction of sp³-hybridized carbons (Fsp3) is 0.341. The van der Waals surface area contributed by atoms with Crippen LogP contribution < -0.4 is 16.0 Å². The molecule has 55 heavy (non-hydrogen) atoms. The average Bonchev–Trinajstić information content (AvgIpc) is 3.70. The number of rotatable bonds is 6. The summed E-state index contributed by atoms with van der Waals surface area (Å²) >= 11 is 0. The first-order chi connectivity index (χ1) is 26.2. The van der Waals surface area contributed by atoms with Gasteiger partial charge in [0.05, 0.1) is 0 Å². The fourth-order valence-corrected chi connectivity index (χ4v) is 7.21. The number of aryl methyl sites for hydroxylation is 2. The molecule has 1 amide bonds. The van der Waals surface area contributed by atoms with Gasteiger partial charge in [-0.2, -0.15) is 0 Å². The zero-order valence-electron chi connectivity index (χ0n) is 31.3. The number of aromatic nitrogens is 4. The number of H-pyrrole nitrogens is 2. The highest BCUT2D eigenvalue weighted by Crippen LogP contribution is 2.33. The lowest BCUT2D eigenvalue weighted by Crippen LogP contribution is -2.43. The Bertz CT molecular complexity index is 2370. The number of hydrogen-bond donors (Lipinski definition) is 5. The molecule has 14 heteroatoms. The van der Waals surface area contributed by atoms with Gasteiger partial charge in [-0.15, -0.1) is 0 Å². The molecule has 0 radical (unpaired) electrons. The summed E-state index contributed by atoms with van der Waals surface area (Å²) in [4.78, 5) is 30.1. The van der Waals surface area contributed by atoms with Gasteiger partial charge in [0, 0.05) is 64.8 Å². The number of carbonyl (C=O) groups is 1. The normalized spacial score (nSPS) is 16.5. The minimum absolute atomic E-state index is 0.0429. The van der Waals surface area contributed by atoms with Crippen LogP contribution in [0.3, 0.4) is 0 Å². The van der Waals surface area contributed by atoms with Crippen LogP contribution in [0, 0.1) is 23.3 Å². The van der Waals surface area contributed by atoms with E-state index in [4.69, 9.17) is 4.74 Å². The Labute approximate surface area is 316 Å². The average molecular weight is 757 g/mol. The van der Waals surface area contributed by atoms with Crippen LogP contribution >= 0.6 is 0 Å². The third kappa shape index (κ3) is 8.39. The van der Waals surface area contributed by atoms with Gasteiger partial charge in [0.1, 0.15) is 28.5 Å². The summed E-state index contributed by atoms with van der Waals surface area (Å²) in [7, 11) is 3.77. The smallest absolute Gasteiger partial charge is 0.410 e. The van der Waals surface area contributed by atoms with E-state index in [2.05, 4.69) is 35.9 Å². The zero-order chi connectivity index (χ0) is 39.0. The van der Waals surface area contributed by atoms with E-state index in [9.17, 15) is 22.4 Å². The number of halogens is 4. The first-order valence-electron chi connectivity index (χ1n) is 18.3. The summed E-state index contributed by atoms with van der Waals surface area (Å²) in [6, 6.07) is 15.5. The van der Waals surface area contributed by atoms with Gasteiger partial charge in [-0.3, -0.25) is 0 Å². The molecule has 5 N–H and O–H groups in total. The van der Waals surface area contributed by atoms with E-state index in [1.807, 2.05) is 46.0 Å². The molecule has 2 unspecified atom stereocenters. The number of aromatic amines is 2. The number of benzene rings is 2. The van der Waals surface area contributed by atoms with E-state index in [0.717, 1.165) is 89.7 Å². The molecule has 288 valence electrons. The van der Waals surface area contributed by atoms with Gasteiger partial charge >= 0.3 is 6.09 Å². The Morgan fingerprint density at radius 3 is 1.75 bits per heavy atom. The van der Waals surface area contributed by atoms with E-state index < -0.39 is 28.9 Å². The summed E-state index contributed by atoms with van der Waals surface area (Å²) in [5, 5.41) is 11.5. The van der Waals surface area contributed by atoms with Crippen LogP contribution in [-0.4, -0.2) is 62.7 Å². The Hall–Kier alpha value is -5.63. The molecule has 2 aliphatic rings. The summed E-state index contributed by atoms with van der Waals surface area (Å²) in [6.07, 6.45) is 5.12. The molecule has 6 aromatic rings. The molecule has 0 saturated heterocycles. The Morgan fingerprint density at radius 1 is 0.745 bits per heavy atom. The number of amides is 1. The van der Waals surface area contributed by atoms with Crippen molar-refractivity contribution in [2.45, 2.75) is 77.0 Å². The van der Waals surface area contributed by atoms with Crippen molar-refractivity contribution < 1.29 is 27.1 Å². The second-order valence-electron chi connectivity index (χ2n) is 15.1. The van der Waals surface area contributed by atoms with E-state index in [-0.39, 0.29) is 12.1 Å². The van der Waals surface area contributed by atoms with Crippen molar-refractivity contribution in [3.8, 4) is 0 Å². The topological polar surface area (TPSA) is 123 Å². The molecule has 0 fully saturated rings. The van der Waals surface area contributed by atoms with Crippen LogP contribution in [0.5, 0.6) is 0 Å². The summed E-state index contributed by atoms with van der Waals surface area (Å²) < 4.78 is 58.4. The van der Waals surface area contributed by atoms with Crippen molar-refractivity contribution in [1.82, 2.24) is 30.2 Å². The van der Waals surface area contributed by atoms with Gasteiger partial charge in [-0.1, -0.05) is 0 Å². The second-order valence-corrected chi connectivity index (χ2v) is 15.1. The number of carbonyl (C=O) groups excluding carboxylic acids is 1. The monoisotopic (exact) mass is 756 g/mol. The number of hydrogen-bond acceptors (Lipinski definition) is 7. The quantitative estimate of drug-likeness (QED) is 0.108. The van der Waals surface area contributed by atoms with Gasteiger partial charge in [0.15, 0.2) is 23.3 Å². The lowest BCUT2D eigenvalue weighted by atomic mass is 9.91. The molecular formula is C41H44F4N8O2. The van der Waals surface area contributed by atoms with E-state index in [0.29, 0.717) is 35.5 Å². The molecule has 0 bridgehead atoms. The molecule has 2 aromatic carbocycles. The van der Waals surface area contributed by atoms with Gasteiger partial charge in [-0.05, 0) is 126 Å². The lowest BCUT2D eigenvalue weighted by molar-refractivity contribution is 0.0210. The van der Waals surface area contributed by atoms with Crippen LogP contribution in [0.15, 0.2) is 60.7 Å². The van der Waals surface area contributed by atoms with Crippen LogP contribution in [0.4, 0.5) is 45.4 Å². The molecule has 0 saturated carbocycles. The SMILES string of the molecule is CN(C(=O)OC(C)(C)C)C1CCc2[nH]c3nc(Nc4ccc(F)c(F)c4)ccc3c2C1.CNC1CCc2[nH]c3nc(Nc4ccc(F)c(F)c4)ccc3c2C1. The standard InChI is InChI=1S/C23H26F2N4O2.C18H18F2N4/c1-23(2,3)31-22(30)29(4)14-6-9-19-16(12-14)15-7-10-20(28-21(15)27-19)26-13-5-8-17(24)18(25)11-13;1-21-10-3-6-16-13(8-10)12-4-7-17(24-18(12)23-16)22-11-2-5-14(19)15(20)9-11/h5,7-8,10-11,14H,6,9,12H2,1-4H3,(H2,26,27,28);2,4-5,7,9-10,21H,3,6,8H2,1H3,(H2,22,23,24). The Balaban J connectivity index is 0.000000174. The summed E-state index contributed by atoms with van der Waals surface area (Å²) in [6.45, 7) is 5.57. The predicted molar refractivity (Wildman–Crippen MR) is 206 cm³/mol. The highest BCUT2D eigenvalue weighted by molar-refractivity contribution is 5.85. The number of ether oxygens (including phenoxy) is 1. The van der Waals surface area contributed by atoms with Gasteiger partial charge < -0.3 is 35.6 Å². The molecule has 10 nitrogen and oxygen atoms in total. The number of nitrogens with one attached hydrogen (secondary N) is 5. The minimum atomic E-state index is -0.915. The van der Waals surface area contributed by atoms with Crippen LogP contribution in [0.1, 0.15) is 56.1 Å². The lowest BCUT2D eigenvalue weighted by Gasteiger charge is -2.33. The number of pyridine rings is 2. The maximum atomic E-state index is 13.5. The van der Waals surface area contributed by atoms with Crippen molar-refractivity contribution in [2.75, 3.05) is 24.7 Å². The molecule has 2 atom stereocenters. The van der Waals surface area contributed by atoms with E-state index in [1.54, 1.807) is 18.0 Å². The molecule has 2 aliphatic carbocycles. The van der Waals surface area contributed by atoms with Crippen molar-refractivity contribution in [3.05, 3.63) is 106 Å². The number of nitrogens with zero attached hydrogens (tertiary/aromatic N) is 3. The van der Waals surface area contributed by atoms with Crippen LogP contribution in [0.25, 0.3) is 22.1 Å². The number of anilines is 4. The number of likely N-dealkylation sites (N-methyl/N-ethyl adjacent to an activating group) is 2. The summed E-state index contributed by atoms with van der Waals surface area (Å²) in [5.74, 6) is -2.43. The maximum Gasteiger partial charge on any atom is 0.410 e. The second kappa shape index (κ2) is 15.2. The highest BCUT2D eigenvalue weighted by atomic mass is 19.2. The third-order valence-corrected chi connectivity index (χ3v) is 10.1. The largest absolute Gasteiger partial charge is 0.444 e. The van der Waals surface area contributed by atoms with Gasteiger partial charge in [0.2, 0.25) is 0 Å². The molecule has 8 rings (SSSR count). The molecule has 4 heterocycles. The molecular weight excluding hydrogens is 712 g/mol. The van der Waals surface area contributed by atoms with Crippen molar-refractivity contribution in [1.29, 1.82) is 0 Å². The van der Waals surface area contributed by atoms with Crippen molar-refractivity contribution in [3.63, 3.8) is 0 Å². The molecule has 0 aliphatic heterocycles. The van der Waals surface area contributed by atoms with Gasteiger partial charge in [-0.25, -0.2) is 32.3 Å². The maximum absolute atomic E-state index is 13.5. The first kappa shape index (κ1) is 37.7. The Kier molecular flexibility index (Phi) is 10.4. The zero-order valence-corrected chi connectivity index (χ0v) is 31.3. The Morgan fingerprint density at radius 2 is 1.25 bits per heavy atom. The van der Waals surface area contributed by atoms with E-state index >= 15 is 0 Å². The first-order valence-corrected chi connectivity index (χ1v) is 18.3. The fourth-order valence-electron chi connectivity index (χ4n) is 7.21. The minimum Gasteiger partial charge on any atom is -0.444 e.